The fraction of sp³-hybridized carbons (Fsp3) is 0.429. The number of nitrogens with one attached hydrogen (secondary N) is 3. The van der Waals surface area contributed by atoms with Crippen LogP contribution in [-0.4, -0.2) is 24.4 Å². The molecule has 2 rings (SSSR count). The lowest BCUT2D eigenvalue weighted by Gasteiger charge is -2.13. The lowest BCUT2D eigenvalue weighted by Crippen LogP contribution is -2.35. The fourth-order valence-electron chi connectivity index (χ4n) is 2.16. The quantitative estimate of drug-likeness (QED) is 0.774. The standard InChI is InChI=1S/C14H19N3O2/c1-9-5-6-11(8-13(9)16-10(2)18)17-14(19)12-4-3-7-15-12/h5-6,8,12,15H,3-4,7H2,1-2H3,(H,16,18)(H,17,19)/t12-/m1/s1. The summed E-state index contributed by atoms with van der Waals surface area (Å²) in [6, 6.07) is 5.39. The number of aryl methyl sites for hydroxylation is 1. The van der Waals surface area contributed by atoms with E-state index in [4.69, 9.17) is 0 Å². The van der Waals surface area contributed by atoms with Crippen molar-refractivity contribution in [1.29, 1.82) is 0 Å². The highest BCUT2D eigenvalue weighted by molar-refractivity contribution is 5.96. The Kier molecular flexibility index (Phi) is 4.16. The number of benzene rings is 1. The molecule has 1 aromatic carbocycles. The Hall–Kier alpha value is -1.88. The number of rotatable bonds is 3. The van der Waals surface area contributed by atoms with E-state index in [2.05, 4.69) is 16.0 Å². The van der Waals surface area contributed by atoms with Gasteiger partial charge in [0, 0.05) is 18.3 Å². The summed E-state index contributed by atoms with van der Waals surface area (Å²) in [5.74, 6) is -0.140. The van der Waals surface area contributed by atoms with Crippen molar-refractivity contribution in [2.45, 2.75) is 32.7 Å². The zero-order valence-corrected chi connectivity index (χ0v) is 11.2. The Morgan fingerprint density at radius 2 is 2.11 bits per heavy atom. The number of hydrogen-bond donors (Lipinski definition) is 3. The van der Waals surface area contributed by atoms with Crippen molar-refractivity contribution < 1.29 is 9.59 Å². The van der Waals surface area contributed by atoms with Gasteiger partial charge in [-0.25, -0.2) is 0 Å². The third-order valence-electron chi connectivity index (χ3n) is 3.19. The molecule has 0 unspecified atom stereocenters. The van der Waals surface area contributed by atoms with E-state index in [1.54, 1.807) is 6.07 Å². The molecule has 19 heavy (non-hydrogen) atoms. The molecule has 1 fully saturated rings. The first-order valence-corrected chi connectivity index (χ1v) is 6.49. The van der Waals surface area contributed by atoms with E-state index in [9.17, 15) is 9.59 Å². The maximum absolute atomic E-state index is 12.0. The van der Waals surface area contributed by atoms with E-state index >= 15 is 0 Å². The monoisotopic (exact) mass is 261 g/mol. The van der Waals surface area contributed by atoms with E-state index in [1.165, 1.54) is 6.92 Å². The molecule has 0 spiro atoms. The molecule has 1 heterocycles. The number of anilines is 2. The van der Waals surface area contributed by atoms with Crippen LogP contribution in [0.2, 0.25) is 0 Å². The van der Waals surface area contributed by atoms with Crippen molar-refractivity contribution in [3.63, 3.8) is 0 Å². The average Bonchev–Trinajstić information content (AvgIpc) is 2.86. The van der Waals surface area contributed by atoms with Gasteiger partial charge in [0.05, 0.1) is 6.04 Å². The van der Waals surface area contributed by atoms with E-state index in [-0.39, 0.29) is 17.9 Å². The normalized spacial score (nSPS) is 18.1. The highest BCUT2D eigenvalue weighted by Crippen LogP contribution is 2.21. The summed E-state index contributed by atoms with van der Waals surface area (Å²) in [6.45, 7) is 4.27. The summed E-state index contributed by atoms with van der Waals surface area (Å²) in [6.07, 6.45) is 1.90. The molecule has 1 aromatic rings. The molecular formula is C14H19N3O2. The summed E-state index contributed by atoms with van der Waals surface area (Å²) in [4.78, 5) is 23.1. The van der Waals surface area contributed by atoms with Gasteiger partial charge in [-0.1, -0.05) is 6.07 Å². The van der Waals surface area contributed by atoms with Gasteiger partial charge >= 0.3 is 0 Å². The fourth-order valence-corrected chi connectivity index (χ4v) is 2.16. The van der Waals surface area contributed by atoms with E-state index in [1.807, 2.05) is 19.1 Å². The second kappa shape index (κ2) is 5.84. The molecule has 0 aromatic heterocycles. The Labute approximate surface area is 112 Å². The zero-order valence-electron chi connectivity index (χ0n) is 11.2. The summed E-state index contributed by atoms with van der Waals surface area (Å²) >= 11 is 0. The Balaban J connectivity index is 2.07. The molecule has 0 bridgehead atoms. The minimum Gasteiger partial charge on any atom is -0.326 e. The number of amides is 2. The van der Waals surface area contributed by atoms with Gasteiger partial charge in [0.25, 0.3) is 0 Å². The Morgan fingerprint density at radius 1 is 1.32 bits per heavy atom. The van der Waals surface area contributed by atoms with Crippen LogP contribution < -0.4 is 16.0 Å². The first-order valence-electron chi connectivity index (χ1n) is 6.49. The van der Waals surface area contributed by atoms with Crippen LogP contribution in [-0.2, 0) is 9.59 Å². The van der Waals surface area contributed by atoms with Crippen LogP contribution in [0.3, 0.4) is 0 Å². The van der Waals surface area contributed by atoms with Crippen molar-refractivity contribution >= 4 is 23.2 Å². The molecule has 1 saturated heterocycles. The minimum absolute atomic E-state index is 0.0184. The van der Waals surface area contributed by atoms with Crippen LogP contribution in [0.1, 0.15) is 25.3 Å². The third kappa shape index (κ3) is 3.54. The Bertz CT molecular complexity index is 493. The summed E-state index contributed by atoms with van der Waals surface area (Å²) in [7, 11) is 0. The molecule has 2 amide bonds. The highest BCUT2D eigenvalue weighted by Gasteiger charge is 2.21. The second-order valence-electron chi connectivity index (χ2n) is 4.85. The third-order valence-corrected chi connectivity index (χ3v) is 3.19. The van der Waals surface area contributed by atoms with Crippen LogP contribution in [0.4, 0.5) is 11.4 Å². The molecule has 0 aliphatic carbocycles. The average molecular weight is 261 g/mol. The largest absolute Gasteiger partial charge is 0.326 e. The van der Waals surface area contributed by atoms with Crippen molar-refractivity contribution in [3.05, 3.63) is 23.8 Å². The van der Waals surface area contributed by atoms with E-state index in [0.29, 0.717) is 5.69 Å². The molecule has 5 nitrogen and oxygen atoms in total. The molecule has 3 N–H and O–H groups in total. The maximum atomic E-state index is 12.0. The van der Waals surface area contributed by atoms with Gasteiger partial charge in [-0.05, 0) is 44.0 Å². The van der Waals surface area contributed by atoms with Crippen molar-refractivity contribution in [2.24, 2.45) is 0 Å². The van der Waals surface area contributed by atoms with Gasteiger partial charge in [-0.15, -0.1) is 0 Å². The van der Waals surface area contributed by atoms with E-state index < -0.39 is 0 Å². The molecule has 0 saturated carbocycles. The topological polar surface area (TPSA) is 70.2 Å². The maximum Gasteiger partial charge on any atom is 0.241 e. The molecular weight excluding hydrogens is 242 g/mol. The number of hydrogen-bond acceptors (Lipinski definition) is 3. The summed E-state index contributed by atoms with van der Waals surface area (Å²) < 4.78 is 0. The minimum atomic E-state index is -0.121. The van der Waals surface area contributed by atoms with Crippen LogP contribution in [0.25, 0.3) is 0 Å². The summed E-state index contributed by atoms with van der Waals surface area (Å²) in [5, 5.41) is 8.78. The number of carbonyl (C=O) groups is 2. The first-order chi connectivity index (χ1) is 9.06. The van der Waals surface area contributed by atoms with E-state index in [0.717, 1.165) is 30.6 Å². The van der Waals surface area contributed by atoms with Gasteiger partial charge in [0.15, 0.2) is 0 Å². The van der Waals surface area contributed by atoms with Crippen LogP contribution in [0.15, 0.2) is 18.2 Å². The predicted molar refractivity (Wildman–Crippen MR) is 75.1 cm³/mol. The lowest BCUT2D eigenvalue weighted by atomic mass is 10.1. The SMILES string of the molecule is CC(=O)Nc1cc(NC(=O)[C@H]2CCCN2)ccc1C. The first kappa shape index (κ1) is 13.5. The number of carbonyl (C=O) groups excluding carboxylic acids is 2. The molecule has 1 atom stereocenters. The second-order valence-corrected chi connectivity index (χ2v) is 4.85. The predicted octanol–water partition coefficient (Wildman–Crippen LogP) is 1.64. The lowest BCUT2D eigenvalue weighted by molar-refractivity contribution is -0.117. The molecule has 102 valence electrons. The van der Waals surface area contributed by atoms with Crippen LogP contribution >= 0.6 is 0 Å². The van der Waals surface area contributed by atoms with Gasteiger partial charge in [0.2, 0.25) is 11.8 Å². The summed E-state index contributed by atoms with van der Waals surface area (Å²) in [5.41, 5.74) is 2.39. The van der Waals surface area contributed by atoms with Gasteiger partial charge < -0.3 is 16.0 Å². The molecule has 5 heteroatoms. The van der Waals surface area contributed by atoms with Gasteiger partial charge in [-0.2, -0.15) is 0 Å². The van der Waals surface area contributed by atoms with Crippen molar-refractivity contribution in [2.75, 3.05) is 17.2 Å². The van der Waals surface area contributed by atoms with Gasteiger partial charge in [0.1, 0.15) is 0 Å². The molecule has 1 aliphatic rings. The molecule has 0 radical (unpaired) electrons. The Morgan fingerprint density at radius 3 is 2.74 bits per heavy atom. The van der Waals surface area contributed by atoms with Crippen LogP contribution in [0, 0.1) is 6.92 Å². The van der Waals surface area contributed by atoms with Gasteiger partial charge in [-0.3, -0.25) is 9.59 Å². The van der Waals surface area contributed by atoms with Crippen LogP contribution in [0.5, 0.6) is 0 Å². The van der Waals surface area contributed by atoms with Crippen molar-refractivity contribution in [3.8, 4) is 0 Å². The highest BCUT2D eigenvalue weighted by atomic mass is 16.2. The molecule has 1 aliphatic heterocycles. The smallest absolute Gasteiger partial charge is 0.241 e. The zero-order chi connectivity index (χ0) is 13.8. The van der Waals surface area contributed by atoms with Crippen molar-refractivity contribution in [1.82, 2.24) is 5.32 Å².